The van der Waals surface area contributed by atoms with Gasteiger partial charge in [-0.1, -0.05) is 187 Å². The van der Waals surface area contributed by atoms with Crippen LogP contribution in [0, 0.1) is 5.92 Å². The summed E-state index contributed by atoms with van der Waals surface area (Å²) >= 11 is 0. The van der Waals surface area contributed by atoms with Crippen LogP contribution in [-0.4, -0.2) is 6.54 Å². The third-order valence-corrected chi connectivity index (χ3v) is 7.75. The average Bonchev–Trinajstić information content (AvgIpc) is 2.83. The highest BCUT2D eigenvalue weighted by Crippen LogP contribution is 2.25. The fourth-order valence-corrected chi connectivity index (χ4v) is 5.38. The second-order valence-electron chi connectivity index (χ2n) is 11.2. The highest BCUT2D eigenvalue weighted by Gasteiger charge is 2.09. The largest absolute Gasteiger partial charge is 0.330 e. The van der Waals surface area contributed by atoms with Crippen molar-refractivity contribution in [2.75, 3.05) is 6.54 Å². The van der Waals surface area contributed by atoms with Crippen LogP contribution >= 0.6 is 0 Å². The molecular weight excluding hydrogens is 398 g/mol. The van der Waals surface area contributed by atoms with Gasteiger partial charge in [0.05, 0.1) is 0 Å². The summed E-state index contributed by atoms with van der Waals surface area (Å²) < 4.78 is 0. The minimum absolute atomic E-state index is 0.874. The summed E-state index contributed by atoms with van der Waals surface area (Å²) in [4.78, 5) is 0. The van der Waals surface area contributed by atoms with E-state index in [0.29, 0.717) is 0 Å². The van der Waals surface area contributed by atoms with Crippen molar-refractivity contribution < 1.29 is 0 Å². The summed E-state index contributed by atoms with van der Waals surface area (Å²) in [6, 6.07) is 0. The molecule has 0 saturated carbocycles. The van der Waals surface area contributed by atoms with Crippen LogP contribution in [0.2, 0.25) is 0 Å². The molecule has 0 aromatic heterocycles. The maximum atomic E-state index is 5.58. The zero-order valence-corrected chi connectivity index (χ0v) is 23.7. The lowest BCUT2D eigenvalue weighted by Gasteiger charge is -2.17. The molecule has 0 heterocycles. The van der Waals surface area contributed by atoms with Crippen molar-refractivity contribution in [1.82, 2.24) is 0 Å². The first-order valence-electron chi connectivity index (χ1n) is 16.0. The van der Waals surface area contributed by atoms with E-state index in [2.05, 4.69) is 13.8 Å². The van der Waals surface area contributed by atoms with E-state index in [1.807, 2.05) is 0 Å². The highest BCUT2D eigenvalue weighted by atomic mass is 14.5. The van der Waals surface area contributed by atoms with Crippen LogP contribution in [0.5, 0.6) is 0 Å². The first kappa shape index (κ1) is 33.0. The molecule has 0 aliphatic rings. The molecule has 0 aliphatic carbocycles. The summed E-state index contributed by atoms with van der Waals surface area (Å²) in [5, 5.41) is 0. The molecule has 0 saturated heterocycles. The maximum Gasteiger partial charge on any atom is -0.00773 e. The molecule has 0 spiro atoms. The third kappa shape index (κ3) is 28.1. The fourth-order valence-electron chi connectivity index (χ4n) is 5.38. The minimum atomic E-state index is 0.874. The summed E-state index contributed by atoms with van der Waals surface area (Å²) in [6.45, 7) is 5.51. The molecule has 0 aromatic rings. The molecule has 0 aliphatic heterocycles. The quantitative estimate of drug-likeness (QED) is 0.109. The summed E-state index contributed by atoms with van der Waals surface area (Å²) in [7, 11) is 0. The molecule has 33 heavy (non-hydrogen) atoms. The third-order valence-electron chi connectivity index (χ3n) is 7.75. The van der Waals surface area contributed by atoms with Gasteiger partial charge in [-0.05, 0) is 18.9 Å². The van der Waals surface area contributed by atoms with Crippen molar-refractivity contribution in [3.63, 3.8) is 0 Å². The van der Waals surface area contributed by atoms with Gasteiger partial charge >= 0.3 is 0 Å². The van der Waals surface area contributed by atoms with E-state index in [9.17, 15) is 0 Å². The van der Waals surface area contributed by atoms with Crippen molar-refractivity contribution in [2.45, 2.75) is 194 Å². The zero-order chi connectivity index (χ0) is 24.1. The number of hydrogen-bond donors (Lipinski definition) is 1. The van der Waals surface area contributed by atoms with Gasteiger partial charge < -0.3 is 5.73 Å². The predicted molar refractivity (Wildman–Crippen MR) is 153 cm³/mol. The van der Waals surface area contributed by atoms with Gasteiger partial charge in [-0.25, -0.2) is 0 Å². The van der Waals surface area contributed by atoms with Crippen molar-refractivity contribution in [1.29, 1.82) is 0 Å². The topological polar surface area (TPSA) is 26.0 Å². The molecule has 200 valence electrons. The normalized spacial score (nSPS) is 11.6. The number of hydrogen-bond acceptors (Lipinski definition) is 1. The molecule has 0 rings (SSSR count). The van der Waals surface area contributed by atoms with Crippen LogP contribution in [0.1, 0.15) is 194 Å². The van der Waals surface area contributed by atoms with Crippen molar-refractivity contribution in [2.24, 2.45) is 11.7 Å². The van der Waals surface area contributed by atoms with Gasteiger partial charge in [0.15, 0.2) is 0 Å². The minimum Gasteiger partial charge on any atom is -0.330 e. The average molecular weight is 466 g/mol. The molecule has 0 atom stereocenters. The SMILES string of the molecule is CCCCCCCCCCC(CCCCCCCCCC)CCCCCCCCCCCN. The second kappa shape index (κ2) is 30.0. The first-order chi connectivity index (χ1) is 16.3. The van der Waals surface area contributed by atoms with E-state index in [-0.39, 0.29) is 0 Å². The van der Waals surface area contributed by atoms with E-state index in [0.717, 1.165) is 12.5 Å². The maximum absolute atomic E-state index is 5.58. The monoisotopic (exact) mass is 466 g/mol. The van der Waals surface area contributed by atoms with Crippen molar-refractivity contribution in [3.05, 3.63) is 0 Å². The Morgan fingerprint density at radius 3 is 0.848 bits per heavy atom. The molecule has 0 unspecified atom stereocenters. The highest BCUT2D eigenvalue weighted by molar-refractivity contribution is 4.62. The predicted octanol–water partition coefficient (Wildman–Crippen LogP) is 11.5. The first-order valence-corrected chi connectivity index (χ1v) is 16.0. The Morgan fingerprint density at radius 1 is 0.333 bits per heavy atom. The molecule has 0 bridgehead atoms. The van der Waals surface area contributed by atoms with Gasteiger partial charge in [0.25, 0.3) is 0 Å². The lowest BCUT2D eigenvalue weighted by molar-refractivity contribution is 0.365. The number of nitrogens with two attached hydrogens (primary N) is 1. The Morgan fingerprint density at radius 2 is 0.576 bits per heavy atom. The van der Waals surface area contributed by atoms with Crippen LogP contribution in [-0.2, 0) is 0 Å². The second-order valence-corrected chi connectivity index (χ2v) is 11.2. The molecule has 0 amide bonds. The summed E-state index contributed by atoms with van der Waals surface area (Å²) in [6.07, 6.45) is 40.7. The van der Waals surface area contributed by atoms with E-state index < -0.39 is 0 Å². The van der Waals surface area contributed by atoms with Crippen molar-refractivity contribution >= 4 is 0 Å². The number of rotatable bonds is 29. The molecule has 2 N–H and O–H groups in total. The standard InChI is InChI=1S/C32H67N/c1-3-5-7-9-11-16-20-24-28-32(29-25-21-17-12-10-8-6-4-2)30-26-22-18-14-13-15-19-23-27-31-33/h32H,3-31,33H2,1-2H3. The molecule has 1 nitrogen and oxygen atoms in total. The lowest BCUT2D eigenvalue weighted by Crippen LogP contribution is -2.01. The number of unbranched alkanes of at least 4 members (excludes halogenated alkanes) is 22. The molecule has 0 aromatic carbocycles. The molecule has 0 radical (unpaired) electrons. The van der Waals surface area contributed by atoms with E-state index in [4.69, 9.17) is 5.73 Å². The van der Waals surface area contributed by atoms with Crippen molar-refractivity contribution in [3.8, 4) is 0 Å². The summed E-state index contributed by atoms with van der Waals surface area (Å²) in [5.41, 5.74) is 5.58. The van der Waals surface area contributed by atoms with Gasteiger partial charge in [-0.3, -0.25) is 0 Å². The van der Waals surface area contributed by atoms with Gasteiger partial charge in [0.2, 0.25) is 0 Å². The Hall–Kier alpha value is -0.0400. The van der Waals surface area contributed by atoms with E-state index in [1.165, 1.54) is 180 Å². The van der Waals surface area contributed by atoms with Crippen LogP contribution in [0.4, 0.5) is 0 Å². The van der Waals surface area contributed by atoms with Gasteiger partial charge in [-0.2, -0.15) is 0 Å². The lowest BCUT2D eigenvalue weighted by atomic mass is 9.89. The Labute approximate surface area is 211 Å². The Kier molecular flexibility index (Phi) is 30.0. The van der Waals surface area contributed by atoms with Crippen LogP contribution in [0.3, 0.4) is 0 Å². The Balaban J connectivity index is 3.83. The Bertz CT molecular complexity index is 306. The molecular formula is C32H67N. The van der Waals surface area contributed by atoms with Crippen LogP contribution in [0.25, 0.3) is 0 Å². The smallest absolute Gasteiger partial charge is 0.00773 e. The van der Waals surface area contributed by atoms with E-state index in [1.54, 1.807) is 0 Å². The van der Waals surface area contributed by atoms with Crippen LogP contribution in [0.15, 0.2) is 0 Å². The van der Waals surface area contributed by atoms with E-state index >= 15 is 0 Å². The van der Waals surface area contributed by atoms with Crippen LogP contribution < -0.4 is 5.73 Å². The van der Waals surface area contributed by atoms with Gasteiger partial charge in [-0.15, -0.1) is 0 Å². The summed E-state index contributed by atoms with van der Waals surface area (Å²) in [5.74, 6) is 1.03. The zero-order valence-electron chi connectivity index (χ0n) is 23.7. The molecule has 1 heteroatoms. The van der Waals surface area contributed by atoms with Gasteiger partial charge in [0.1, 0.15) is 0 Å². The van der Waals surface area contributed by atoms with Gasteiger partial charge in [0, 0.05) is 0 Å². The fraction of sp³-hybridized carbons (Fsp3) is 1.00. The molecule has 0 fully saturated rings.